The van der Waals surface area contributed by atoms with E-state index in [1.807, 2.05) is 35.3 Å². The van der Waals surface area contributed by atoms with Crippen molar-refractivity contribution in [1.29, 1.82) is 0 Å². The van der Waals surface area contributed by atoms with Crippen molar-refractivity contribution in [1.82, 2.24) is 0 Å². The van der Waals surface area contributed by atoms with Gasteiger partial charge in [-0.2, -0.15) is 0 Å². The van der Waals surface area contributed by atoms with Crippen LogP contribution in [0.25, 0.3) is 0 Å². The SMILES string of the molecule is S=C=NCSC12CC3CC(SCN=C=S)(C1)CC(SCN=C=S)(C3)C2. The molecule has 4 rings (SSSR count). The van der Waals surface area contributed by atoms with E-state index in [0.29, 0.717) is 17.6 Å². The predicted octanol–water partition coefficient (Wildman–Crippen LogP) is 5.58. The van der Waals surface area contributed by atoms with Gasteiger partial charge in [0, 0.05) is 14.2 Å². The molecule has 134 valence electrons. The molecule has 0 N–H and O–H groups in total. The van der Waals surface area contributed by atoms with Gasteiger partial charge >= 0.3 is 0 Å². The summed E-state index contributed by atoms with van der Waals surface area (Å²) in [6.07, 6.45) is 7.56. The smallest absolute Gasteiger partial charge is 0.0952 e. The van der Waals surface area contributed by atoms with Crippen molar-refractivity contribution in [2.75, 3.05) is 17.6 Å². The van der Waals surface area contributed by atoms with Gasteiger partial charge in [0.2, 0.25) is 0 Å². The molecule has 0 aromatic heterocycles. The molecule has 25 heavy (non-hydrogen) atoms. The van der Waals surface area contributed by atoms with Gasteiger partial charge in [-0.15, -0.1) is 35.3 Å². The van der Waals surface area contributed by atoms with Crippen LogP contribution in [0.3, 0.4) is 0 Å². The number of isothiocyanates is 3. The lowest BCUT2D eigenvalue weighted by molar-refractivity contribution is 0.0774. The Morgan fingerprint density at radius 2 is 1.00 bits per heavy atom. The number of nitrogens with zero attached hydrogens (tertiary/aromatic N) is 3. The van der Waals surface area contributed by atoms with Crippen LogP contribution >= 0.6 is 71.9 Å². The number of thioether (sulfide) groups is 3. The molecular formula is C16H19N3S6. The van der Waals surface area contributed by atoms with Crippen molar-refractivity contribution >= 4 is 87.4 Å². The van der Waals surface area contributed by atoms with Crippen LogP contribution in [-0.2, 0) is 0 Å². The molecule has 0 unspecified atom stereocenters. The van der Waals surface area contributed by atoms with Crippen LogP contribution in [0.1, 0.15) is 38.5 Å². The average Bonchev–Trinajstić information content (AvgIpc) is 2.54. The Morgan fingerprint density at radius 3 is 1.28 bits per heavy atom. The molecule has 9 heteroatoms. The summed E-state index contributed by atoms with van der Waals surface area (Å²) in [4.78, 5) is 12.5. The topological polar surface area (TPSA) is 37.1 Å². The van der Waals surface area contributed by atoms with E-state index >= 15 is 0 Å². The number of hydrogen-bond donors (Lipinski definition) is 0. The number of hydrogen-bond acceptors (Lipinski definition) is 9. The molecule has 0 aliphatic heterocycles. The number of thiocarbonyl (C=S) groups is 3. The van der Waals surface area contributed by atoms with E-state index in [1.165, 1.54) is 38.5 Å². The van der Waals surface area contributed by atoms with Crippen molar-refractivity contribution in [3.8, 4) is 0 Å². The summed E-state index contributed by atoms with van der Waals surface area (Å²) in [7, 11) is 0. The van der Waals surface area contributed by atoms with E-state index in [0.717, 1.165) is 5.92 Å². The van der Waals surface area contributed by atoms with Gasteiger partial charge in [-0.1, -0.05) is 0 Å². The van der Waals surface area contributed by atoms with Gasteiger partial charge in [-0.25, -0.2) is 15.0 Å². The van der Waals surface area contributed by atoms with E-state index in [1.54, 1.807) is 0 Å². The molecule has 0 heterocycles. The van der Waals surface area contributed by atoms with Crippen LogP contribution in [0.5, 0.6) is 0 Å². The summed E-state index contributed by atoms with van der Waals surface area (Å²) in [5.41, 5.74) is 0. The Kier molecular flexibility index (Phi) is 6.98. The summed E-state index contributed by atoms with van der Waals surface area (Å²) >= 11 is 20.2. The van der Waals surface area contributed by atoms with Crippen molar-refractivity contribution < 1.29 is 0 Å². The maximum absolute atomic E-state index is 4.75. The third-order valence-electron chi connectivity index (χ3n) is 5.41. The van der Waals surface area contributed by atoms with Crippen LogP contribution in [0, 0.1) is 5.92 Å². The highest BCUT2D eigenvalue weighted by Gasteiger charge is 2.63. The molecule has 0 spiro atoms. The van der Waals surface area contributed by atoms with Crippen molar-refractivity contribution in [3.05, 3.63) is 0 Å². The molecule has 4 bridgehead atoms. The molecule has 0 radical (unpaired) electrons. The molecule has 0 aromatic carbocycles. The molecule has 4 aliphatic rings. The van der Waals surface area contributed by atoms with Crippen LogP contribution in [0.4, 0.5) is 0 Å². The van der Waals surface area contributed by atoms with Crippen LogP contribution in [0.2, 0.25) is 0 Å². The van der Waals surface area contributed by atoms with Gasteiger partial charge in [0.15, 0.2) is 0 Å². The van der Waals surface area contributed by atoms with E-state index in [9.17, 15) is 0 Å². The third-order valence-corrected chi connectivity index (χ3v) is 9.78. The molecule has 0 amide bonds. The zero-order valence-electron chi connectivity index (χ0n) is 13.7. The summed E-state index contributed by atoms with van der Waals surface area (Å²) in [6, 6.07) is 0. The van der Waals surface area contributed by atoms with Gasteiger partial charge in [-0.3, -0.25) is 0 Å². The van der Waals surface area contributed by atoms with Gasteiger partial charge < -0.3 is 0 Å². The first-order valence-corrected chi connectivity index (χ1v) is 12.3. The van der Waals surface area contributed by atoms with E-state index in [4.69, 9.17) is 36.7 Å². The Balaban J connectivity index is 1.84. The monoisotopic (exact) mass is 445 g/mol. The summed E-state index contributed by atoms with van der Waals surface area (Å²) < 4.78 is 0.869. The zero-order valence-corrected chi connectivity index (χ0v) is 18.6. The highest BCUT2D eigenvalue weighted by atomic mass is 32.2. The second kappa shape index (κ2) is 8.64. The molecule has 0 saturated heterocycles. The van der Waals surface area contributed by atoms with Crippen molar-refractivity contribution in [2.45, 2.75) is 52.8 Å². The fraction of sp³-hybridized carbons (Fsp3) is 0.812. The highest BCUT2D eigenvalue weighted by Crippen LogP contribution is 2.70. The number of rotatable bonds is 9. The molecule has 4 aliphatic carbocycles. The molecule has 3 nitrogen and oxygen atoms in total. The minimum Gasteiger partial charge on any atom is -0.222 e. The summed E-state index contributed by atoms with van der Waals surface area (Å²) in [6.45, 7) is 0. The molecular weight excluding hydrogens is 427 g/mol. The van der Waals surface area contributed by atoms with Gasteiger partial charge in [-0.05, 0) is 81.1 Å². The minimum atomic E-state index is 0.290. The highest BCUT2D eigenvalue weighted by molar-refractivity contribution is 8.02. The quantitative estimate of drug-likeness (QED) is 0.341. The Bertz CT molecular complexity index is 564. The standard InChI is InChI=1S/C16H19N3S6/c20-7-17-10-23-14-1-13-2-15(4-14,24-11-18-8-21)6-16(3-13,5-14)25-12-19-9-22/h13H,1-6,10-12H2. The van der Waals surface area contributed by atoms with Crippen LogP contribution < -0.4 is 0 Å². The normalized spacial score (nSPS) is 37.7. The van der Waals surface area contributed by atoms with Gasteiger partial charge in [0.05, 0.1) is 33.1 Å². The first kappa shape index (κ1) is 20.2. The van der Waals surface area contributed by atoms with Crippen molar-refractivity contribution in [2.24, 2.45) is 20.9 Å². The van der Waals surface area contributed by atoms with Gasteiger partial charge in [0.25, 0.3) is 0 Å². The molecule has 4 saturated carbocycles. The lowest BCUT2D eigenvalue weighted by Gasteiger charge is -2.65. The lowest BCUT2D eigenvalue weighted by Crippen LogP contribution is -2.62. The van der Waals surface area contributed by atoms with E-state index in [2.05, 4.69) is 30.5 Å². The molecule has 0 aromatic rings. The summed E-state index contributed by atoms with van der Waals surface area (Å²) in [5, 5.41) is 7.53. The second-order valence-corrected chi connectivity index (χ2v) is 11.9. The van der Waals surface area contributed by atoms with E-state index in [-0.39, 0.29) is 14.2 Å². The minimum absolute atomic E-state index is 0.290. The fourth-order valence-corrected chi connectivity index (χ4v) is 10.5. The Hall–Kier alpha value is 0.450. The maximum atomic E-state index is 4.75. The van der Waals surface area contributed by atoms with E-state index < -0.39 is 0 Å². The average molecular weight is 446 g/mol. The fourth-order valence-electron chi connectivity index (χ4n) is 5.25. The van der Waals surface area contributed by atoms with Gasteiger partial charge in [0.1, 0.15) is 0 Å². The third kappa shape index (κ3) is 4.66. The Morgan fingerprint density at radius 1 is 0.680 bits per heavy atom. The molecule has 0 atom stereocenters. The summed E-state index contributed by atoms with van der Waals surface area (Å²) in [5.74, 6) is 2.92. The van der Waals surface area contributed by atoms with Crippen molar-refractivity contribution in [3.63, 3.8) is 0 Å². The Labute approximate surface area is 177 Å². The first-order valence-electron chi connectivity index (χ1n) is 8.12. The maximum Gasteiger partial charge on any atom is 0.0952 e. The second-order valence-electron chi connectivity index (χ2n) is 7.13. The molecule has 4 fully saturated rings. The largest absolute Gasteiger partial charge is 0.222 e. The number of aliphatic imine (C=N–C) groups is 3. The van der Waals surface area contributed by atoms with Crippen LogP contribution in [0.15, 0.2) is 15.0 Å². The first-order chi connectivity index (χ1) is 12.1. The predicted molar refractivity (Wildman–Crippen MR) is 122 cm³/mol. The lowest BCUT2D eigenvalue weighted by atomic mass is 9.55. The van der Waals surface area contributed by atoms with Crippen LogP contribution in [-0.4, -0.2) is 47.4 Å². The zero-order chi connectivity index (χ0) is 17.8.